The molecule has 1 aliphatic heterocycles. The lowest BCUT2D eigenvalue weighted by atomic mass is 9.88. The summed E-state index contributed by atoms with van der Waals surface area (Å²) in [6.07, 6.45) is 1.70. The van der Waals surface area contributed by atoms with Crippen molar-refractivity contribution in [1.29, 1.82) is 0 Å². The van der Waals surface area contributed by atoms with Gasteiger partial charge in [-0.15, -0.1) is 0 Å². The number of nitrogens with two attached hydrogens (primary N) is 1. The first-order valence-electron chi connectivity index (χ1n) is 6.85. The zero-order valence-corrected chi connectivity index (χ0v) is 11.4. The topological polar surface area (TPSA) is 55.6 Å². The first kappa shape index (κ1) is 14.0. The lowest BCUT2D eigenvalue weighted by Gasteiger charge is -2.33. The molecule has 1 heterocycles. The van der Waals surface area contributed by atoms with Gasteiger partial charge < -0.3 is 15.4 Å². The van der Waals surface area contributed by atoms with Gasteiger partial charge in [-0.3, -0.25) is 4.79 Å². The zero-order chi connectivity index (χ0) is 13.7. The zero-order valence-electron chi connectivity index (χ0n) is 11.4. The summed E-state index contributed by atoms with van der Waals surface area (Å²) in [5.41, 5.74) is 6.60. The lowest BCUT2D eigenvalue weighted by Crippen LogP contribution is -2.40. The number of rotatable bonds is 4. The highest BCUT2D eigenvalue weighted by Crippen LogP contribution is 2.34. The molecular formula is C15H22N2O2. The number of amides is 1. The van der Waals surface area contributed by atoms with Gasteiger partial charge >= 0.3 is 0 Å². The van der Waals surface area contributed by atoms with Crippen molar-refractivity contribution in [2.24, 2.45) is 11.7 Å². The van der Waals surface area contributed by atoms with Crippen molar-refractivity contribution >= 4 is 5.91 Å². The van der Waals surface area contributed by atoms with E-state index in [1.54, 1.807) is 4.90 Å². The van der Waals surface area contributed by atoms with Crippen LogP contribution in [0.25, 0.3) is 0 Å². The highest BCUT2D eigenvalue weighted by molar-refractivity contribution is 5.79. The SMILES string of the molecule is CN(CCN)C(=O)[C@@H]1CCCO[C@H]1c1ccccc1. The number of nitrogens with zero attached hydrogens (tertiary/aromatic N) is 1. The molecule has 0 unspecified atom stereocenters. The quantitative estimate of drug-likeness (QED) is 0.896. The Kier molecular flexibility index (Phi) is 4.93. The monoisotopic (exact) mass is 262 g/mol. The molecule has 19 heavy (non-hydrogen) atoms. The Morgan fingerprint density at radius 2 is 2.16 bits per heavy atom. The molecule has 1 aromatic carbocycles. The minimum absolute atomic E-state index is 0.0901. The van der Waals surface area contributed by atoms with Crippen LogP contribution in [0.4, 0.5) is 0 Å². The number of hydrogen-bond acceptors (Lipinski definition) is 3. The van der Waals surface area contributed by atoms with Gasteiger partial charge in [0.05, 0.1) is 12.0 Å². The molecule has 0 aromatic heterocycles. The van der Waals surface area contributed by atoms with Crippen LogP contribution in [0, 0.1) is 5.92 Å². The molecule has 4 nitrogen and oxygen atoms in total. The van der Waals surface area contributed by atoms with E-state index in [2.05, 4.69) is 0 Å². The summed E-state index contributed by atoms with van der Waals surface area (Å²) >= 11 is 0. The Bertz CT molecular complexity index is 408. The normalized spacial score (nSPS) is 23.1. The van der Waals surface area contributed by atoms with Crippen molar-refractivity contribution in [3.05, 3.63) is 35.9 Å². The van der Waals surface area contributed by atoms with Gasteiger partial charge in [-0.25, -0.2) is 0 Å². The molecule has 1 aromatic rings. The molecule has 4 heteroatoms. The van der Waals surface area contributed by atoms with Crippen LogP contribution in [0.1, 0.15) is 24.5 Å². The molecular weight excluding hydrogens is 240 g/mol. The van der Waals surface area contributed by atoms with E-state index in [-0.39, 0.29) is 17.9 Å². The van der Waals surface area contributed by atoms with Gasteiger partial charge in [0, 0.05) is 26.7 Å². The third-order valence-corrected chi connectivity index (χ3v) is 3.61. The molecule has 0 spiro atoms. The summed E-state index contributed by atoms with van der Waals surface area (Å²) in [6, 6.07) is 10.00. The Labute approximate surface area is 114 Å². The Hall–Kier alpha value is -1.39. The minimum atomic E-state index is -0.123. The molecule has 2 N–H and O–H groups in total. The van der Waals surface area contributed by atoms with Gasteiger partial charge in [-0.05, 0) is 18.4 Å². The minimum Gasteiger partial charge on any atom is -0.373 e. The highest BCUT2D eigenvalue weighted by atomic mass is 16.5. The fraction of sp³-hybridized carbons (Fsp3) is 0.533. The average Bonchev–Trinajstić information content (AvgIpc) is 2.47. The van der Waals surface area contributed by atoms with Gasteiger partial charge in [0.25, 0.3) is 0 Å². The van der Waals surface area contributed by atoms with Crippen molar-refractivity contribution in [2.75, 3.05) is 26.7 Å². The molecule has 1 amide bonds. The molecule has 0 saturated carbocycles. The van der Waals surface area contributed by atoms with E-state index in [1.165, 1.54) is 0 Å². The van der Waals surface area contributed by atoms with Crippen LogP contribution in [0.3, 0.4) is 0 Å². The van der Waals surface area contributed by atoms with E-state index >= 15 is 0 Å². The molecule has 0 radical (unpaired) electrons. The number of benzene rings is 1. The average molecular weight is 262 g/mol. The molecule has 2 atom stereocenters. The van der Waals surface area contributed by atoms with Crippen LogP contribution in [0.15, 0.2) is 30.3 Å². The highest BCUT2D eigenvalue weighted by Gasteiger charge is 2.34. The molecule has 0 aliphatic carbocycles. The summed E-state index contributed by atoms with van der Waals surface area (Å²) in [7, 11) is 1.81. The summed E-state index contributed by atoms with van der Waals surface area (Å²) in [4.78, 5) is 14.2. The third kappa shape index (κ3) is 3.33. The summed E-state index contributed by atoms with van der Waals surface area (Å²) in [5.74, 6) is 0.0479. The second-order valence-electron chi connectivity index (χ2n) is 5.00. The summed E-state index contributed by atoms with van der Waals surface area (Å²) < 4.78 is 5.85. The first-order chi connectivity index (χ1) is 9.24. The first-order valence-corrected chi connectivity index (χ1v) is 6.85. The Morgan fingerprint density at radius 1 is 1.42 bits per heavy atom. The van der Waals surface area contributed by atoms with Crippen molar-refractivity contribution < 1.29 is 9.53 Å². The number of carbonyl (C=O) groups is 1. The van der Waals surface area contributed by atoms with Gasteiger partial charge in [-0.2, -0.15) is 0 Å². The Balaban J connectivity index is 2.14. The number of hydrogen-bond donors (Lipinski definition) is 1. The van der Waals surface area contributed by atoms with E-state index < -0.39 is 0 Å². The van der Waals surface area contributed by atoms with Crippen LogP contribution >= 0.6 is 0 Å². The standard InChI is InChI=1S/C15H22N2O2/c1-17(10-9-16)15(18)13-8-5-11-19-14(13)12-6-3-2-4-7-12/h2-4,6-7,13-14H,5,8-11,16H2,1H3/t13-,14+/m1/s1. The summed E-state index contributed by atoms with van der Waals surface area (Å²) in [5, 5.41) is 0. The van der Waals surface area contributed by atoms with E-state index in [4.69, 9.17) is 10.5 Å². The van der Waals surface area contributed by atoms with Gasteiger partial charge in [0.1, 0.15) is 0 Å². The molecule has 0 bridgehead atoms. The number of ether oxygens (including phenoxy) is 1. The number of carbonyl (C=O) groups excluding carboxylic acids is 1. The van der Waals surface area contributed by atoms with Crippen LogP contribution < -0.4 is 5.73 Å². The van der Waals surface area contributed by atoms with E-state index in [9.17, 15) is 4.79 Å². The van der Waals surface area contributed by atoms with Gasteiger partial charge in [0.15, 0.2) is 0 Å². The second kappa shape index (κ2) is 6.68. The van der Waals surface area contributed by atoms with Crippen LogP contribution in [-0.2, 0) is 9.53 Å². The van der Waals surface area contributed by atoms with Crippen molar-refractivity contribution in [1.82, 2.24) is 4.90 Å². The molecule has 1 fully saturated rings. The summed E-state index contributed by atoms with van der Waals surface area (Å²) in [6.45, 7) is 1.81. The van der Waals surface area contributed by atoms with Crippen LogP contribution in [-0.4, -0.2) is 37.6 Å². The fourth-order valence-electron chi connectivity index (χ4n) is 2.59. The molecule has 1 saturated heterocycles. The third-order valence-electron chi connectivity index (χ3n) is 3.61. The molecule has 1 aliphatic rings. The number of likely N-dealkylation sites (N-methyl/N-ethyl adjacent to an activating group) is 1. The maximum Gasteiger partial charge on any atom is 0.228 e. The predicted molar refractivity (Wildman–Crippen MR) is 74.6 cm³/mol. The fourth-order valence-corrected chi connectivity index (χ4v) is 2.59. The molecule has 2 rings (SSSR count). The maximum absolute atomic E-state index is 12.5. The second-order valence-corrected chi connectivity index (χ2v) is 5.00. The van der Waals surface area contributed by atoms with E-state index in [0.717, 1.165) is 25.0 Å². The van der Waals surface area contributed by atoms with Crippen molar-refractivity contribution in [3.63, 3.8) is 0 Å². The van der Waals surface area contributed by atoms with E-state index in [1.807, 2.05) is 37.4 Å². The van der Waals surface area contributed by atoms with Crippen molar-refractivity contribution in [3.8, 4) is 0 Å². The predicted octanol–water partition coefficient (Wildman–Crippen LogP) is 1.57. The van der Waals surface area contributed by atoms with Crippen LogP contribution in [0.2, 0.25) is 0 Å². The maximum atomic E-state index is 12.5. The van der Waals surface area contributed by atoms with Crippen LogP contribution in [0.5, 0.6) is 0 Å². The van der Waals surface area contributed by atoms with Gasteiger partial charge in [-0.1, -0.05) is 30.3 Å². The van der Waals surface area contributed by atoms with Crippen molar-refractivity contribution in [2.45, 2.75) is 18.9 Å². The van der Waals surface area contributed by atoms with Gasteiger partial charge in [0.2, 0.25) is 5.91 Å². The Morgan fingerprint density at radius 3 is 2.84 bits per heavy atom. The largest absolute Gasteiger partial charge is 0.373 e. The lowest BCUT2D eigenvalue weighted by molar-refractivity contribution is -0.144. The smallest absolute Gasteiger partial charge is 0.228 e. The molecule has 104 valence electrons. The van der Waals surface area contributed by atoms with E-state index in [0.29, 0.717) is 13.1 Å².